The van der Waals surface area contributed by atoms with E-state index in [4.69, 9.17) is 10.5 Å². The fraction of sp³-hybridized carbons (Fsp3) is 0.333. The average molecular weight is 499 g/mol. The van der Waals surface area contributed by atoms with E-state index < -0.39 is 17.9 Å². The van der Waals surface area contributed by atoms with E-state index in [-0.39, 0.29) is 24.8 Å². The smallest absolute Gasteiger partial charge is 0.383 e. The highest BCUT2D eigenvalue weighted by atomic mass is 19.4. The van der Waals surface area contributed by atoms with E-state index >= 15 is 0 Å². The number of hydrogen-bond acceptors (Lipinski definition) is 7. The van der Waals surface area contributed by atoms with Gasteiger partial charge in [0.05, 0.1) is 47.6 Å². The Kier molecular flexibility index (Phi) is 5.80. The summed E-state index contributed by atoms with van der Waals surface area (Å²) in [6.45, 7) is 0.482. The first-order valence-electron chi connectivity index (χ1n) is 11.2. The predicted octanol–water partition coefficient (Wildman–Crippen LogP) is 3.18. The molecule has 1 aromatic carbocycles. The molecule has 0 saturated heterocycles. The van der Waals surface area contributed by atoms with Crippen LogP contribution in [0.1, 0.15) is 38.9 Å². The zero-order chi connectivity index (χ0) is 25.8. The molecule has 1 atom stereocenters. The Morgan fingerprint density at radius 3 is 2.78 bits per heavy atom. The molecule has 4 heterocycles. The lowest BCUT2D eigenvalue weighted by Crippen LogP contribution is -2.37. The number of pyridine rings is 2. The van der Waals surface area contributed by atoms with Crippen LogP contribution in [-0.2, 0) is 31.1 Å². The summed E-state index contributed by atoms with van der Waals surface area (Å²) >= 11 is 0. The van der Waals surface area contributed by atoms with Crippen molar-refractivity contribution < 1.29 is 22.7 Å². The van der Waals surface area contributed by atoms with Crippen molar-refractivity contribution in [2.75, 3.05) is 26.4 Å². The highest BCUT2D eigenvalue weighted by molar-refractivity contribution is 6.10. The Bertz CT molecular complexity index is 1500. The molecule has 36 heavy (non-hydrogen) atoms. The molecule has 1 amide bonds. The number of fused-ring (bicyclic) bond motifs is 4. The molecule has 1 aliphatic heterocycles. The normalized spacial score (nSPS) is 15.9. The van der Waals surface area contributed by atoms with Gasteiger partial charge in [0, 0.05) is 37.2 Å². The van der Waals surface area contributed by atoms with Crippen LogP contribution in [0.2, 0.25) is 0 Å². The van der Waals surface area contributed by atoms with Crippen molar-refractivity contribution in [2.24, 2.45) is 7.05 Å². The molecule has 0 spiro atoms. The van der Waals surface area contributed by atoms with E-state index in [0.29, 0.717) is 45.3 Å². The van der Waals surface area contributed by atoms with Gasteiger partial charge in [0.25, 0.3) is 5.91 Å². The van der Waals surface area contributed by atoms with Gasteiger partial charge >= 0.3 is 6.18 Å². The van der Waals surface area contributed by atoms with Gasteiger partial charge in [0.15, 0.2) is 0 Å². The lowest BCUT2D eigenvalue weighted by Gasteiger charge is -2.33. The second-order valence-corrected chi connectivity index (χ2v) is 8.76. The maximum absolute atomic E-state index is 13.8. The third-order valence-electron chi connectivity index (χ3n) is 6.49. The van der Waals surface area contributed by atoms with Gasteiger partial charge in [0.2, 0.25) is 0 Å². The van der Waals surface area contributed by atoms with E-state index in [9.17, 15) is 18.0 Å². The SMILES string of the molecule is CNCc1cc2nc(N)c3cnn(C)c3c2cc1C(=O)N(C)C1COCc2nc(C(F)(F)F)ccc21. The molecule has 12 heteroatoms. The van der Waals surface area contributed by atoms with Crippen molar-refractivity contribution in [3.05, 3.63) is 58.5 Å². The summed E-state index contributed by atoms with van der Waals surface area (Å²) in [5.74, 6) is 0.0366. The van der Waals surface area contributed by atoms with Crippen molar-refractivity contribution in [1.82, 2.24) is 30.0 Å². The van der Waals surface area contributed by atoms with Crippen LogP contribution in [-0.4, -0.2) is 51.3 Å². The first-order chi connectivity index (χ1) is 17.1. The average Bonchev–Trinajstić information content (AvgIpc) is 3.24. The molecule has 3 N–H and O–H groups in total. The number of amides is 1. The molecule has 1 unspecified atom stereocenters. The predicted molar refractivity (Wildman–Crippen MR) is 127 cm³/mol. The van der Waals surface area contributed by atoms with Gasteiger partial charge in [-0.15, -0.1) is 0 Å². The first-order valence-corrected chi connectivity index (χ1v) is 11.2. The Hall–Kier alpha value is -3.77. The van der Waals surface area contributed by atoms with Crippen molar-refractivity contribution in [3.8, 4) is 0 Å². The number of benzene rings is 1. The quantitative estimate of drug-likeness (QED) is 0.444. The maximum atomic E-state index is 13.8. The number of nitrogen functional groups attached to an aromatic ring is 1. The summed E-state index contributed by atoms with van der Waals surface area (Å²) in [5, 5.41) is 8.75. The number of hydrogen-bond donors (Lipinski definition) is 2. The molecule has 3 aromatic heterocycles. The van der Waals surface area contributed by atoms with Crippen LogP contribution < -0.4 is 11.1 Å². The molecule has 0 fully saturated rings. The van der Waals surface area contributed by atoms with Crippen LogP contribution in [0.25, 0.3) is 21.8 Å². The Morgan fingerprint density at radius 1 is 1.28 bits per heavy atom. The topological polar surface area (TPSA) is 111 Å². The van der Waals surface area contributed by atoms with E-state index in [0.717, 1.165) is 11.6 Å². The highest BCUT2D eigenvalue weighted by Gasteiger charge is 2.36. The number of carbonyl (C=O) groups is 1. The van der Waals surface area contributed by atoms with Crippen LogP contribution in [0, 0.1) is 0 Å². The number of ether oxygens (including phenoxy) is 1. The number of rotatable bonds is 4. The van der Waals surface area contributed by atoms with Crippen LogP contribution in [0.5, 0.6) is 0 Å². The second kappa shape index (κ2) is 8.71. The number of aromatic nitrogens is 4. The van der Waals surface area contributed by atoms with Gasteiger partial charge in [-0.05, 0) is 30.8 Å². The van der Waals surface area contributed by atoms with Gasteiger partial charge in [-0.1, -0.05) is 6.07 Å². The number of likely N-dealkylation sites (N-methyl/N-ethyl adjacent to an activating group) is 1. The third kappa shape index (κ3) is 3.91. The van der Waals surface area contributed by atoms with E-state index in [1.165, 1.54) is 11.0 Å². The molecule has 1 aliphatic rings. The van der Waals surface area contributed by atoms with Crippen LogP contribution in [0.15, 0.2) is 30.5 Å². The van der Waals surface area contributed by atoms with Crippen molar-refractivity contribution in [3.63, 3.8) is 0 Å². The van der Waals surface area contributed by atoms with Gasteiger partial charge < -0.3 is 20.7 Å². The minimum Gasteiger partial charge on any atom is -0.383 e. The summed E-state index contributed by atoms with van der Waals surface area (Å²) in [7, 11) is 5.16. The molecular weight excluding hydrogens is 475 g/mol. The Labute approximate surface area is 204 Å². The minimum absolute atomic E-state index is 0.0513. The number of halogens is 3. The molecule has 9 nitrogen and oxygen atoms in total. The Morgan fingerprint density at radius 2 is 2.06 bits per heavy atom. The molecule has 0 radical (unpaired) electrons. The maximum Gasteiger partial charge on any atom is 0.433 e. The van der Waals surface area contributed by atoms with Gasteiger partial charge in [0.1, 0.15) is 11.5 Å². The van der Waals surface area contributed by atoms with E-state index in [1.54, 1.807) is 38.1 Å². The fourth-order valence-corrected chi connectivity index (χ4v) is 4.68. The summed E-state index contributed by atoms with van der Waals surface area (Å²) in [6.07, 6.45) is -2.93. The molecule has 0 bridgehead atoms. The highest BCUT2D eigenvalue weighted by Crippen LogP contribution is 2.35. The number of aryl methyl sites for hydroxylation is 1. The van der Waals surface area contributed by atoms with Crippen LogP contribution in [0.3, 0.4) is 0 Å². The Balaban J connectivity index is 1.59. The zero-order valence-corrected chi connectivity index (χ0v) is 19.8. The molecule has 4 aromatic rings. The van der Waals surface area contributed by atoms with Gasteiger partial charge in [-0.2, -0.15) is 18.3 Å². The molecular formula is C24H24F3N7O2. The number of carbonyl (C=O) groups excluding carboxylic acids is 1. The molecule has 0 aliphatic carbocycles. The summed E-state index contributed by atoms with van der Waals surface area (Å²) in [6, 6.07) is 5.30. The minimum atomic E-state index is -4.56. The number of alkyl halides is 3. The monoisotopic (exact) mass is 499 g/mol. The van der Waals surface area contributed by atoms with E-state index in [1.807, 2.05) is 6.07 Å². The molecule has 188 valence electrons. The number of nitrogens with zero attached hydrogens (tertiary/aromatic N) is 5. The number of nitrogens with one attached hydrogen (secondary N) is 1. The molecule has 0 saturated carbocycles. The second-order valence-electron chi connectivity index (χ2n) is 8.76. The van der Waals surface area contributed by atoms with Crippen molar-refractivity contribution in [1.29, 1.82) is 0 Å². The van der Waals surface area contributed by atoms with Crippen LogP contribution in [0.4, 0.5) is 19.0 Å². The standard InChI is InChI=1S/C24H24F3N7O2/c1-29-8-12-6-17-15(21-16(22(28)32-17)9-30-34(21)3)7-14(12)23(35)33(2)19-11-36-10-18-13(19)4-5-20(31-18)24(25,26)27/h4-7,9,19,29H,8,10-11H2,1-3H3,(H2,28,32). The molecule has 5 rings (SSSR count). The lowest BCUT2D eigenvalue weighted by molar-refractivity contribution is -0.141. The van der Waals surface area contributed by atoms with Gasteiger partial charge in [-0.25, -0.2) is 9.97 Å². The lowest BCUT2D eigenvalue weighted by atomic mass is 9.98. The largest absolute Gasteiger partial charge is 0.433 e. The summed E-state index contributed by atoms with van der Waals surface area (Å²) < 4.78 is 46.7. The fourth-order valence-electron chi connectivity index (χ4n) is 4.68. The van der Waals surface area contributed by atoms with Gasteiger partial charge in [-0.3, -0.25) is 9.48 Å². The third-order valence-corrected chi connectivity index (χ3v) is 6.49. The van der Waals surface area contributed by atoms with Crippen LogP contribution >= 0.6 is 0 Å². The van der Waals surface area contributed by atoms with Crippen molar-refractivity contribution >= 4 is 33.5 Å². The first kappa shape index (κ1) is 23.9. The summed E-state index contributed by atoms with van der Waals surface area (Å²) in [4.78, 5) is 23.6. The van der Waals surface area contributed by atoms with Crippen molar-refractivity contribution in [2.45, 2.75) is 25.4 Å². The van der Waals surface area contributed by atoms with E-state index in [2.05, 4.69) is 20.4 Å². The zero-order valence-electron chi connectivity index (χ0n) is 19.8. The number of nitrogens with two attached hydrogens (primary N) is 1. The summed E-state index contributed by atoms with van der Waals surface area (Å²) in [5.41, 5.74) is 8.37. The number of anilines is 1.